The van der Waals surface area contributed by atoms with Gasteiger partial charge in [-0.2, -0.15) is 0 Å². The molecule has 0 aromatic heterocycles. The molecule has 2 amide bonds. The standard InChI is InChI=1S/C19H28N2O8S/c1-12(22)10-15(25)29-17-18(27)21-7-6-13(23)20-8-9-30-16(26)5-4-14(24)28-11-19(17,2)3/h4-5,12,17,22H,6-11H2,1-3H3,(H,20,23)(H,21,27)/b5-4+/t12-,17-/m0/s1. The number of hydrogen-bond acceptors (Lipinski definition) is 9. The van der Waals surface area contributed by atoms with Crippen molar-refractivity contribution in [3.05, 3.63) is 12.2 Å². The van der Waals surface area contributed by atoms with Gasteiger partial charge in [-0.15, -0.1) is 0 Å². The van der Waals surface area contributed by atoms with Crippen LogP contribution >= 0.6 is 11.8 Å². The Labute approximate surface area is 179 Å². The number of esters is 2. The summed E-state index contributed by atoms with van der Waals surface area (Å²) in [5, 5.41) is 14.1. The lowest BCUT2D eigenvalue weighted by atomic mass is 9.86. The van der Waals surface area contributed by atoms with Crippen molar-refractivity contribution in [3.8, 4) is 0 Å². The van der Waals surface area contributed by atoms with Crippen molar-refractivity contribution in [2.45, 2.75) is 45.8 Å². The third-order valence-corrected chi connectivity index (χ3v) is 4.75. The Morgan fingerprint density at radius 3 is 2.63 bits per heavy atom. The zero-order valence-electron chi connectivity index (χ0n) is 17.3. The van der Waals surface area contributed by atoms with Crippen LogP contribution in [0.5, 0.6) is 0 Å². The van der Waals surface area contributed by atoms with E-state index in [2.05, 4.69) is 10.6 Å². The van der Waals surface area contributed by atoms with Crippen LogP contribution in [0.1, 0.15) is 33.6 Å². The van der Waals surface area contributed by atoms with Gasteiger partial charge in [0.25, 0.3) is 5.91 Å². The molecule has 2 atom stereocenters. The largest absolute Gasteiger partial charge is 0.462 e. The van der Waals surface area contributed by atoms with Crippen molar-refractivity contribution in [1.29, 1.82) is 0 Å². The first-order valence-corrected chi connectivity index (χ1v) is 10.4. The minimum atomic E-state index is -1.34. The van der Waals surface area contributed by atoms with E-state index in [9.17, 15) is 29.1 Å². The van der Waals surface area contributed by atoms with Gasteiger partial charge in [0.2, 0.25) is 11.0 Å². The smallest absolute Gasteiger partial charge is 0.330 e. The van der Waals surface area contributed by atoms with E-state index in [1.165, 1.54) is 6.92 Å². The van der Waals surface area contributed by atoms with Gasteiger partial charge in [-0.25, -0.2) is 4.79 Å². The SMILES string of the molecule is C[C@H](O)CC(=O)O[C@H]1C(=O)NCCC(=O)NCCSC(=O)/C=C/C(=O)OCC1(C)C. The quantitative estimate of drug-likeness (QED) is 0.499. The van der Waals surface area contributed by atoms with E-state index in [1.807, 2.05) is 0 Å². The van der Waals surface area contributed by atoms with Gasteiger partial charge < -0.3 is 25.2 Å². The molecule has 0 saturated heterocycles. The van der Waals surface area contributed by atoms with Gasteiger partial charge in [0.05, 0.1) is 12.5 Å². The molecule has 1 rings (SSSR count). The predicted molar refractivity (Wildman–Crippen MR) is 108 cm³/mol. The number of cyclic esters (lactones) is 1. The van der Waals surface area contributed by atoms with Crippen LogP contribution in [0.4, 0.5) is 0 Å². The van der Waals surface area contributed by atoms with Crippen molar-refractivity contribution in [1.82, 2.24) is 10.6 Å². The monoisotopic (exact) mass is 444 g/mol. The average molecular weight is 445 g/mol. The van der Waals surface area contributed by atoms with Gasteiger partial charge in [0, 0.05) is 36.8 Å². The summed E-state index contributed by atoms with van der Waals surface area (Å²) in [5.74, 6) is -2.23. The van der Waals surface area contributed by atoms with Crippen LogP contribution < -0.4 is 10.6 Å². The molecule has 10 nitrogen and oxygen atoms in total. The van der Waals surface area contributed by atoms with E-state index < -0.39 is 35.5 Å². The molecule has 1 aliphatic heterocycles. The number of carbonyl (C=O) groups is 5. The summed E-state index contributed by atoms with van der Waals surface area (Å²) in [6, 6.07) is 0. The molecule has 0 aromatic carbocycles. The van der Waals surface area contributed by atoms with Crippen LogP contribution in [0.3, 0.4) is 0 Å². The maximum Gasteiger partial charge on any atom is 0.330 e. The molecule has 168 valence electrons. The fraction of sp³-hybridized carbons (Fsp3) is 0.632. The van der Waals surface area contributed by atoms with Crippen molar-refractivity contribution in [2.75, 3.05) is 25.4 Å². The topological polar surface area (TPSA) is 148 Å². The molecule has 0 radical (unpaired) electrons. The number of amides is 2. The molecular weight excluding hydrogens is 416 g/mol. The second kappa shape index (κ2) is 12.3. The van der Waals surface area contributed by atoms with Crippen molar-refractivity contribution >= 4 is 40.6 Å². The van der Waals surface area contributed by atoms with Crippen LogP contribution in [0.2, 0.25) is 0 Å². The molecule has 0 unspecified atom stereocenters. The molecular formula is C19H28N2O8S. The zero-order valence-corrected chi connectivity index (χ0v) is 18.1. The number of hydrogen-bond donors (Lipinski definition) is 3. The first-order chi connectivity index (χ1) is 14.0. The number of nitrogens with one attached hydrogen (secondary N) is 2. The summed E-state index contributed by atoms with van der Waals surface area (Å²) in [4.78, 5) is 60.1. The lowest BCUT2D eigenvalue weighted by Gasteiger charge is -2.32. The minimum absolute atomic E-state index is 0.00137. The number of ether oxygens (including phenoxy) is 2. The number of thioether (sulfide) groups is 1. The highest BCUT2D eigenvalue weighted by Gasteiger charge is 2.40. The Morgan fingerprint density at radius 1 is 1.27 bits per heavy atom. The summed E-state index contributed by atoms with van der Waals surface area (Å²) in [6.45, 7) is 4.49. The normalized spacial score (nSPS) is 23.9. The van der Waals surface area contributed by atoms with Crippen LogP contribution in [-0.4, -0.2) is 71.6 Å². The molecule has 30 heavy (non-hydrogen) atoms. The second-order valence-corrected chi connectivity index (χ2v) is 8.51. The second-order valence-electron chi connectivity index (χ2n) is 7.41. The number of aliphatic hydroxyl groups is 1. The van der Waals surface area contributed by atoms with Gasteiger partial charge in [0.1, 0.15) is 6.61 Å². The molecule has 0 bridgehead atoms. The van der Waals surface area contributed by atoms with Crippen LogP contribution in [-0.2, 0) is 33.4 Å². The van der Waals surface area contributed by atoms with Gasteiger partial charge in [-0.1, -0.05) is 25.6 Å². The van der Waals surface area contributed by atoms with E-state index in [4.69, 9.17) is 9.47 Å². The Hall–Kier alpha value is -2.40. The molecule has 1 heterocycles. The van der Waals surface area contributed by atoms with Gasteiger partial charge in [0.15, 0.2) is 6.10 Å². The van der Waals surface area contributed by atoms with Crippen molar-refractivity contribution in [3.63, 3.8) is 0 Å². The van der Waals surface area contributed by atoms with Gasteiger partial charge in [-0.3, -0.25) is 19.2 Å². The highest BCUT2D eigenvalue weighted by Crippen LogP contribution is 2.25. The van der Waals surface area contributed by atoms with E-state index in [0.29, 0.717) is 5.75 Å². The molecule has 3 N–H and O–H groups in total. The number of carbonyl (C=O) groups excluding carboxylic acids is 5. The highest BCUT2D eigenvalue weighted by atomic mass is 32.2. The summed E-state index contributed by atoms with van der Waals surface area (Å²) >= 11 is 0.937. The molecule has 0 saturated carbocycles. The molecule has 1 aliphatic rings. The lowest BCUT2D eigenvalue weighted by Crippen LogP contribution is -2.49. The summed E-state index contributed by atoms with van der Waals surface area (Å²) in [7, 11) is 0. The average Bonchev–Trinajstić information content (AvgIpc) is 2.65. The maximum atomic E-state index is 12.6. The predicted octanol–water partition coefficient (Wildman–Crippen LogP) is -0.309. The lowest BCUT2D eigenvalue weighted by molar-refractivity contribution is -0.169. The van der Waals surface area contributed by atoms with Gasteiger partial charge >= 0.3 is 11.9 Å². The zero-order chi connectivity index (χ0) is 22.7. The van der Waals surface area contributed by atoms with E-state index in [1.54, 1.807) is 13.8 Å². The summed E-state index contributed by atoms with van der Waals surface area (Å²) in [6.07, 6.45) is -0.584. The van der Waals surface area contributed by atoms with E-state index >= 15 is 0 Å². The molecule has 0 aliphatic carbocycles. The molecule has 0 fully saturated rings. The first-order valence-electron chi connectivity index (χ1n) is 9.45. The third kappa shape index (κ3) is 9.88. The molecule has 0 aromatic rings. The minimum Gasteiger partial charge on any atom is -0.462 e. The third-order valence-electron chi connectivity index (χ3n) is 3.92. The van der Waals surface area contributed by atoms with Gasteiger partial charge in [-0.05, 0) is 13.0 Å². The highest BCUT2D eigenvalue weighted by molar-refractivity contribution is 8.14. The Morgan fingerprint density at radius 2 is 1.97 bits per heavy atom. The van der Waals surface area contributed by atoms with Crippen LogP contribution in [0.25, 0.3) is 0 Å². The maximum absolute atomic E-state index is 12.6. The van der Waals surface area contributed by atoms with Crippen molar-refractivity contribution in [2.24, 2.45) is 5.41 Å². The number of aliphatic hydroxyl groups excluding tert-OH is 1. The van der Waals surface area contributed by atoms with Crippen molar-refractivity contribution < 1.29 is 38.6 Å². The Kier molecular flexibility index (Phi) is 10.5. The van der Waals surface area contributed by atoms with E-state index in [0.717, 1.165) is 23.9 Å². The van der Waals surface area contributed by atoms with E-state index in [-0.39, 0.29) is 43.6 Å². The molecule has 11 heteroatoms. The summed E-state index contributed by atoms with van der Waals surface area (Å²) in [5.41, 5.74) is -1.13. The fourth-order valence-corrected chi connectivity index (χ4v) is 2.95. The Balaban J connectivity index is 2.99. The number of rotatable bonds is 3. The van der Waals surface area contributed by atoms with Crippen LogP contribution in [0, 0.1) is 5.41 Å². The Bertz CT molecular complexity index is 690. The first kappa shape index (κ1) is 25.6. The fourth-order valence-electron chi connectivity index (χ4n) is 2.38. The molecule has 0 spiro atoms. The summed E-state index contributed by atoms with van der Waals surface area (Å²) < 4.78 is 10.4. The van der Waals surface area contributed by atoms with Crippen LogP contribution in [0.15, 0.2) is 12.2 Å².